The predicted octanol–water partition coefficient (Wildman–Crippen LogP) is 3.12. The average molecular weight is 433 g/mol. The van der Waals surface area contributed by atoms with Gasteiger partial charge in [0.2, 0.25) is 0 Å². The Kier molecular flexibility index (Phi) is 9.80. The van der Waals surface area contributed by atoms with Crippen LogP contribution >= 0.6 is 11.6 Å². The number of hydrogen-bond acceptors (Lipinski definition) is 4. The van der Waals surface area contributed by atoms with Gasteiger partial charge in [-0.25, -0.2) is 4.99 Å². The van der Waals surface area contributed by atoms with Gasteiger partial charge in [0.1, 0.15) is 17.6 Å². The molecule has 1 unspecified atom stereocenters. The Morgan fingerprint density at radius 3 is 2.67 bits per heavy atom. The van der Waals surface area contributed by atoms with E-state index in [0.717, 1.165) is 18.5 Å². The van der Waals surface area contributed by atoms with Crippen LogP contribution in [0.25, 0.3) is 0 Å². The highest BCUT2D eigenvalue weighted by Gasteiger charge is 2.11. The van der Waals surface area contributed by atoms with Crippen molar-refractivity contribution in [1.82, 2.24) is 10.6 Å². The number of guanidine groups is 1. The van der Waals surface area contributed by atoms with Gasteiger partial charge >= 0.3 is 0 Å². The van der Waals surface area contributed by atoms with Gasteiger partial charge in [-0.2, -0.15) is 0 Å². The van der Waals surface area contributed by atoms with Gasteiger partial charge in [0.15, 0.2) is 12.6 Å². The zero-order valence-electron chi connectivity index (χ0n) is 17.4. The SMILES string of the molecule is CCNC(=NCc1cccc(OCC(N)=O)c1)NCC(CC)Oc1ccccc1Cl. The number of rotatable bonds is 11. The Morgan fingerprint density at radius 2 is 1.97 bits per heavy atom. The monoisotopic (exact) mass is 432 g/mol. The van der Waals surface area contributed by atoms with Crippen molar-refractivity contribution in [3.8, 4) is 11.5 Å². The highest BCUT2D eigenvalue weighted by Crippen LogP contribution is 2.24. The second-order valence-corrected chi connectivity index (χ2v) is 6.96. The molecule has 0 radical (unpaired) electrons. The molecule has 0 bridgehead atoms. The van der Waals surface area contributed by atoms with E-state index in [1.54, 1.807) is 6.07 Å². The molecule has 162 valence electrons. The van der Waals surface area contributed by atoms with Crippen LogP contribution in [0.1, 0.15) is 25.8 Å². The number of para-hydroxylation sites is 1. The van der Waals surface area contributed by atoms with Gasteiger partial charge in [-0.05, 0) is 43.2 Å². The first-order chi connectivity index (χ1) is 14.5. The van der Waals surface area contributed by atoms with Crippen LogP contribution in [-0.4, -0.2) is 37.7 Å². The number of nitrogens with two attached hydrogens (primary N) is 1. The van der Waals surface area contributed by atoms with E-state index in [0.29, 0.717) is 35.6 Å². The van der Waals surface area contributed by atoms with Crippen LogP contribution in [0.15, 0.2) is 53.5 Å². The van der Waals surface area contributed by atoms with Crippen molar-refractivity contribution in [3.63, 3.8) is 0 Å². The molecule has 2 aromatic rings. The van der Waals surface area contributed by atoms with Crippen LogP contribution in [0.2, 0.25) is 5.02 Å². The fraction of sp³-hybridized carbons (Fsp3) is 0.364. The zero-order valence-corrected chi connectivity index (χ0v) is 18.1. The van der Waals surface area contributed by atoms with Gasteiger partial charge in [0.25, 0.3) is 5.91 Å². The summed E-state index contributed by atoms with van der Waals surface area (Å²) >= 11 is 6.19. The van der Waals surface area contributed by atoms with Crippen LogP contribution in [-0.2, 0) is 11.3 Å². The largest absolute Gasteiger partial charge is 0.487 e. The topological polar surface area (TPSA) is 98.0 Å². The van der Waals surface area contributed by atoms with Crippen molar-refractivity contribution >= 4 is 23.5 Å². The summed E-state index contributed by atoms with van der Waals surface area (Å²) in [5, 5.41) is 7.13. The molecular weight excluding hydrogens is 404 g/mol. The van der Waals surface area contributed by atoms with E-state index in [2.05, 4.69) is 22.5 Å². The summed E-state index contributed by atoms with van der Waals surface area (Å²) in [5.41, 5.74) is 6.07. The zero-order chi connectivity index (χ0) is 21.8. The Morgan fingerprint density at radius 1 is 1.17 bits per heavy atom. The van der Waals surface area contributed by atoms with E-state index < -0.39 is 5.91 Å². The van der Waals surface area contributed by atoms with Gasteiger partial charge in [-0.15, -0.1) is 0 Å². The molecule has 0 heterocycles. The summed E-state index contributed by atoms with van der Waals surface area (Å²) in [6.07, 6.45) is 0.760. The van der Waals surface area contributed by atoms with Gasteiger partial charge in [-0.3, -0.25) is 4.79 Å². The summed E-state index contributed by atoms with van der Waals surface area (Å²) in [6, 6.07) is 14.8. The number of carbonyl (C=O) groups excluding carboxylic acids is 1. The number of aliphatic imine (C=N–C) groups is 1. The molecular formula is C22H29ClN4O3. The number of nitrogens with one attached hydrogen (secondary N) is 2. The lowest BCUT2D eigenvalue weighted by Gasteiger charge is -2.20. The van der Waals surface area contributed by atoms with Crippen molar-refractivity contribution < 1.29 is 14.3 Å². The van der Waals surface area contributed by atoms with Gasteiger partial charge in [0, 0.05) is 6.54 Å². The fourth-order valence-corrected chi connectivity index (χ4v) is 2.78. The molecule has 0 aliphatic heterocycles. The predicted molar refractivity (Wildman–Crippen MR) is 120 cm³/mol. The molecule has 0 aliphatic rings. The lowest BCUT2D eigenvalue weighted by molar-refractivity contribution is -0.119. The van der Waals surface area contributed by atoms with Crippen molar-refractivity contribution in [2.75, 3.05) is 19.7 Å². The third-order valence-electron chi connectivity index (χ3n) is 4.13. The lowest BCUT2D eigenvalue weighted by Crippen LogP contribution is -2.42. The van der Waals surface area contributed by atoms with Crippen LogP contribution in [0.4, 0.5) is 0 Å². The number of hydrogen-bond donors (Lipinski definition) is 3. The van der Waals surface area contributed by atoms with E-state index in [9.17, 15) is 4.79 Å². The summed E-state index contributed by atoms with van der Waals surface area (Å²) in [4.78, 5) is 15.5. The Labute approximate surface area is 182 Å². The Hall–Kier alpha value is -2.93. The number of benzene rings is 2. The maximum atomic E-state index is 10.9. The highest BCUT2D eigenvalue weighted by molar-refractivity contribution is 6.32. The van der Waals surface area contributed by atoms with Gasteiger partial charge in [0.05, 0.1) is 18.1 Å². The number of nitrogens with zero attached hydrogens (tertiary/aromatic N) is 1. The van der Waals surface area contributed by atoms with Gasteiger partial charge < -0.3 is 25.8 Å². The van der Waals surface area contributed by atoms with Crippen LogP contribution in [0.5, 0.6) is 11.5 Å². The molecule has 0 aliphatic carbocycles. The Balaban J connectivity index is 1.95. The summed E-state index contributed by atoms with van der Waals surface area (Å²) in [6.45, 7) is 5.68. The third-order valence-corrected chi connectivity index (χ3v) is 4.44. The Bertz CT molecular complexity index is 845. The molecule has 1 amide bonds. The standard InChI is InChI=1S/C22H29ClN4O3/c1-3-17(30-20-11-6-5-10-19(20)23)14-27-22(25-4-2)26-13-16-8-7-9-18(12-16)29-15-21(24)28/h5-12,17H,3-4,13-15H2,1-2H3,(H2,24,28)(H2,25,26,27). The molecule has 0 aromatic heterocycles. The van der Waals surface area contributed by atoms with E-state index in [1.165, 1.54) is 0 Å². The normalized spacial score (nSPS) is 12.2. The summed E-state index contributed by atoms with van der Waals surface area (Å²) in [5.74, 6) is 1.42. The molecule has 7 nitrogen and oxygen atoms in total. The molecule has 0 spiro atoms. The first kappa shape index (κ1) is 23.3. The molecule has 0 saturated carbocycles. The number of halogens is 1. The minimum absolute atomic E-state index is 0.0562. The molecule has 8 heteroatoms. The van der Waals surface area contributed by atoms with E-state index >= 15 is 0 Å². The van der Waals surface area contributed by atoms with Crippen LogP contribution < -0.4 is 25.8 Å². The first-order valence-electron chi connectivity index (χ1n) is 9.95. The summed E-state index contributed by atoms with van der Waals surface area (Å²) < 4.78 is 11.4. The maximum absolute atomic E-state index is 10.9. The molecule has 2 aromatic carbocycles. The third kappa shape index (κ3) is 8.21. The number of amides is 1. The van der Waals surface area contributed by atoms with Crippen molar-refractivity contribution in [2.24, 2.45) is 10.7 Å². The molecule has 0 saturated heterocycles. The fourth-order valence-electron chi connectivity index (χ4n) is 2.60. The summed E-state index contributed by atoms with van der Waals surface area (Å²) in [7, 11) is 0. The van der Waals surface area contributed by atoms with E-state index in [1.807, 2.05) is 49.4 Å². The lowest BCUT2D eigenvalue weighted by atomic mass is 10.2. The molecule has 0 fully saturated rings. The maximum Gasteiger partial charge on any atom is 0.255 e. The first-order valence-corrected chi connectivity index (χ1v) is 10.3. The van der Waals surface area contributed by atoms with Crippen molar-refractivity contribution in [3.05, 3.63) is 59.1 Å². The number of carbonyl (C=O) groups is 1. The molecule has 4 N–H and O–H groups in total. The second kappa shape index (κ2) is 12.6. The highest BCUT2D eigenvalue weighted by atomic mass is 35.5. The number of ether oxygens (including phenoxy) is 2. The molecule has 2 rings (SSSR count). The molecule has 30 heavy (non-hydrogen) atoms. The smallest absolute Gasteiger partial charge is 0.255 e. The average Bonchev–Trinajstić information content (AvgIpc) is 2.74. The minimum atomic E-state index is -0.512. The second-order valence-electron chi connectivity index (χ2n) is 6.56. The van der Waals surface area contributed by atoms with Crippen LogP contribution in [0, 0.1) is 0 Å². The van der Waals surface area contributed by atoms with Crippen molar-refractivity contribution in [1.29, 1.82) is 0 Å². The van der Waals surface area contributed by atoms with Crippen molar-refractivity contribution in [2.45, 2.75) is 32.9 Å². The van der Waals surface area contributed by atoms with E-state index in [4.69, 9.17) is 26.8 Å². The minimum Gasteiger partial charge on any atom is -0.487 e. The molecule has 1 atom stereocenters. The van der Waals surface area contributed by atoms with E-state index in [-0.39, 0.29) is 12.7 Å². The number of primary amides is 1. The van der Waals surface area contributed by atoms with Crippen LogP contribution in [0.3, 0.4) is 0 Å². The quantitative estimate of drug-likeness (QED) is 0.374. The van der Waals surface area contributed by atoms with Gasteiger partial charge in [-0.1, -0.05) is 42.8 Å².